The van der Waals surface area contributed by atoms with Gasteiger partial charge in [-0.25, -0.2) is 8.42 Å². The molecule has 0 aromatic heterocycles. The number of nitrogens with zero attached hydrogens (tertiary/aromatic N) is 1. The molecule has 0 bridgehead atoms. The minimum absolute atomic E-state index is 0.0246. The van der Waals surface area contributed by atoms with Crippen molar-refractivity contribution in [1.82, 2.24) is 5.32 Å². The molecule has 1 N–H and O–H groups in total. The minimum atomic E-state index is -3.60. The fourth-order valence-corrected chi connectivity index (χ4v) is 4.36. The summed E-state index contributed by atoms with van der Waals surface area (Å²) in [6, 6.07) is 15.1. The van der Waals surface area contributed by atoms with E-state index < -0.39 is 10.0 Å². The van der Waals surface area contributed by atoms with E-state index in [-0.39, 0.29) is 18.6 Å². The zero-order valence-corrected chi connectivity index (χ0v) is 19.6. The molecular formula is C22H30N2O4S2. The van der Waals surface area contributed by atoms with Gasteiger partial charge < -0.3 is 10.1 Å². The number of aryl methyl sites for hydroxylation is 1. The van der Waals surface area contributed by atoms with Crippen LogP contribution in [0.15, 0.2) is 48.5 Å². The number of sulfonamides is 1. The van der Waals surface area contributed by atoms with Crippen LogP contribution in [-0.2, 0) is 20.6 Å². The summed E-state index contributed by atoms with van der Waals surface area (Å²) in [5.41, 5.74) is 2.90. The molecule has 2 rings (SSSR count). The first kappa shape index (κ1) is 24.1. The average molecular weight is 451 g/mol. The summed E-state index contributed by atoms with van der Waals surface area (Å²) in [5.74, 6) is 1.94. The number of hydrogen-bond donors (Lipinski definition) is 1. The van der Waals surface area contributed by atoms with Gasteiger partial charge in [-0.3, -0.25) is 9.10 Å². The van der Waals surface area contributed by atoms with E-state index in [9.17, 15) is 13.2 Å². The second kappa shape index (κ2) is 11.3. The molecule has 0 fully saturated rings. The Balaban J connectivity index is 1.84. The molecule has 0 saturated carbocycles. The Hall–Kier alpha value is -2.19. The molecular weight excluding hydrogens is 420 g/mol. The number of ether oxygens (including phenoxy) is 1. The molecule has 30 heavy (non-hydrogen) atoms. The van der Waals surface area contributed by atoms with Crippen LogP contribution in [0.3, 0.4) is 0 Å². The van der Waals surface area contributed by atoms with Crippen LogP contribution in [0.2, 0.25) is 0 Å². The first-order valence-electron chi connectivity index (χ1n) is 9.79. The highest BCUT2D eigenvalue weighted by atomic mass is 32.2. The number of hydrogen-bond acceptors (Lipinski definition) is 5. The second-order valence-corrected chi connectivity index (χ2v) is 10.3. The number of rotatable bonds is 11. The van der Waals surface area contributed by atoms with E-state index in [1.54, 1.807) is 36.0 Å². The van der Waals surface area contributed by atoms with Crippen LogP contribution >= 0.6 is 11.8 Å². The Bertz CT molecular complexity index is 911. The van der Waals surface area contributed by atoms with Gasteiger partial charge in [0, 0.05) is 18.1 Å². The molecule has 2 aromatic carbocycles. The molecule has 0 aliphatic rings. The maximum atomic E-state index is 12.3. The van der Waals surface area contributed by atoms with Crippen molar-refractivity contribution in [2.24, 2.45) is 0 Å². The van der Waals surface area contributed by atoms with Gasteiger partial charge >= 0.3 is 0 Å². The highest BCUT2D eigenvalue weighted by molar-refractivity contribution is 7.98. The third-order valence-corrected chi connectivity index (χ3v) is 6.31. The minimum Gasteiger partial charge on any atom is -0.491 e. The number of carbonyl (C=O) groups is 1. The van der Waals surface area contributed by atoms with Crippen molar-refractivity contribution in [2.45, 2.75) is 32.6 Å². The normalized spacial score (nSPS) is 11.4. The maximum Gasteiger partial charge on any atom is 0.240 e. The molecule has 6 nitrogen and oxygen atoms in total. The molecule has 0 aliphatic heterocycles. The molecule has 0 aliphatic carbocycles. The highest BCUT2D eigenvalue weighted by Gasteiger charge is 2.20. The van der Waals surface area contributed by atoms with E-state index in [1.165, 1.54) is 11.1 Å². The molecule has 2 aromatic rings. The number of thioether (sulfide) groups is 1. The molecule has 0 atom stereocenters. The molecule has 164 valence electrons. The predicted molar refractivity (Wildman–Crippen MR) is 125 cm³/mol. The lowest BCUT2D eigenvalue weighted by Crippen LogP contribution is -2.41. The van der Waals surface area contributed by atoms with Gasteiger partial charge in [0.1, 0.15) is 12.3 Å². The Morgan fingerprint density at radius 1 is 1.10 bits per heavy atom. The van der Waals surface area contributed by atoms with Crippen LogP contribution in [0.5, 0.6) is 5.75 Å². The quantitative estimate of drug-likeness (QED) is 0.530. The largest absolute Gasteiger partial charge is 0.491 e. The van der Waals surface area contributed by atoms with Gasteiger partial charge in [-0.15, -0.1) is 0 Å². The van der Waals surface area contributed by atoms with E-state index in [1.807, 2.05) is 13.8 Å². The Morgan fingerprint density at radius 3 is 2.30 bits per heavy atom. The van der Waals surface area contributed by atoms with Crippen molar-refractivity contribution in [2.75, 3.05) is 29.4 Å². The standard InChI is InChI=1S/C22H30N2O4S2/c1-17(2)28-21-11-9-20(10-12-21)24(30(4,26)27)15-22(25)23-13-14-29-16-19-7-5-18(3)6-8-19/h5-12,17H,13-16H2,1-4H3,(H,23,25). The second-order valence-electron chi connectivity index (χ2n) is 7.32. The van der Waals surface area contributed by atoms with Crippen molar-refractivity contribution in [3.63, 3.8) is 0 Å². The van der Waals surface area contributed by atoms with Crippen molar-refractivity contribution in [3.8, 4) is 5.75 Å². The zero-order chi connectivity index (χ0) is 22.1. The van der Waals surface area contributed by atoms with Crippen LogP contribution in [-0.4, -0.2) is 45.5 Å². The van der Waals surface area contributed by atoms with Gasteiger partial charge in [0.25, 0.3) is 0 Å². The van der Waals surface area contributed by atoms with Crippen LogP contribution in [0.4, 0.5) is 5.69 Å². The van der Waals surface area contributed by atoms with E-state index >= 15 is 0 Å². The summed E-state index contributed by atoms with van der Waals surface area (Å²) < 4.78 is 31.1. The Morgan fingerprint density at radius 2 is 1.73 bits per heavy atom. The lowest BCUT2D eigenvalue weighted by atomic mass is 10.2. The molecule has 0 radical (unpaired) electrons. The highest BCUT2D eigenvalue weighted by Crippen LogP contribution is 2.22. The Labute approximate surface area is 184 Å². The predicted octanol–water partition coefficient (Wildman–Crippen LogP) is 3.60. The van der Waals surface area contributed by atoms with Gasteiger partial charge in [-0.05, 0) is 50.6 Å². The zero-order valence-electron chi connectivity index (χ0n) is 17.9. The van der Waals surface area contributed by atoms with Gasteiger partial charge in [0.2, 0.25) is 15.9 Å². The Kier molecular flexibility index (Phi) is 9.05. The van der Waals surface area contributed by atoms with Crippen molar-refractivity contribution in [3.05, 3.63) is 59.7 Å². The molecule has 8 heteroatoms. The van der Waals surface area contributed by atoms with Gasteiger partial charge in [0.15, 0.2) is 0 Å². The van der Waals surface area contributed by atoms with E-state index in [0.29, 0.717) is 18.0 Å². The average Bonchev–Trinajstić information content (AvgIpc) is 2.67. The van der Waals surface area contributed by atoms with Gasteiger partial charge in [0.05, 0.1) is 18.0 Å². The number of anilines is 1. The summed E-state index contributed by atoms with van der Waals surface area (Å²) in [7, 11) is -3.60. The van der Waals surface area contributed by atoms with Gasteiger partial charge in [-0.1, -0.05) is 29.8 Å². The van der Waals surface area contributed by atoms with Crippen molar-refractivity contribution in [1.29, 1.82) is 0 Å². The first-order valence-corrected chi connectivity index (χ1v) is 12.8. The topological polar surface area (TPSA) is 75.7 Å². The number of amides is 1. The lowest BCUT2D eigenvalue weighted by Gasteiger charge is -2.22. The van der Waals surface area contributed by atoms with Gasteiger partial charge in [-0.2, -0.15) is 11.8 Å². The number of benzene rings is 2. The van der Waals surface area contributed by atoms with Crippen LogP contribution in [0.25, 0.3) is 0 Å². The number of nitrogens with one attached hydrogen (secondary N) is 1. The molecule has 0 unspecified atom stereocenters. The van der Waals surface area contributed by atoms with Crippen molar-refractivity contribution >= 4 is 33.4 Å². The molecule has 0 spiro atoms. The first-order chi connectivity index (χ1) is 14.1. The van der Waals surface area contributed by atoms with Crippen LogP contribution in [0.1, 0.15) is 25.0 Å². The molecule has 0 heterocycles. The van der Waals surface area contributed by atoms with E-state index in [4.69, 9.17) is 4.74 Å². The fourth-order valence-electron chi connectivity index (χ4n) is 2.69. The summed E-state index contributed by atoms with van der Waals surface area (Å²) in [5, 5.41) is 2.80. The summed E-state index contributed by atoms with van der Waals surface area (Å²) in [6.45, 7) is 6.11. The SMILES string of the molecule is Cc1ccc(CSCCNC(=O)CN(c2ccc(OC(C)C)cc2)S(C)(=O)=O)cc1. The number of carbonyl (C=O) groups excluding carboxylic acids is 1. The van der Waals surface area contributed by atoms with Crippen LogP contribution in [0, 0.1) is 6.92 Å². The van der Waals surface area contributed by atoms with Crippen LogP contribution < -0.4 is 14.4 Å². The van der Waals surface area contributed by atoms with Crippen molar-refractivity contribution < 1.29 is 17.9 Å². The van der Waals surface area contributed by atoms with E-state index in [0.717, 1.165) is 22.1 Å². The monoisotopic (exact) mass is 450 g/mol. The third-order valence-electron chi connectivity index (χ3n) is 4.14. The maximum absolute atomic E-state index is 12.3. The molecule has 0 saturated heterocycles. The summed E-state index contributed by atoms with van der Waals surface area (Å²) in [6.07, 6.45) is 1.12. The van der Waals surface area contributed by atoms with E-state index in [2.05, 4.69) is 36.5 Å². The molecule has 1 amide bonds. The fraction of sp³-hybridized carbons (Fsp3) is 0.409. The summed E-state index contributed by atoms with van der Waals surface area (Å²) in [4.78, 5) is 12.3. The summed E-state index contributed by atoms with van der Waals surface area (Å²) >= 11 is 1.72. The lowest BCUT2D eigenvalue weighted by molar-refractivity contribution is -0.119. The smallest absolute Gasteiger partial charge is 0.240 e. The third kappa shape index (κ3) is 8.28.